The highest BCUT2D eigenvalue weighted by Crippen LogP contribution is 2.37. The van der Waals surface area contributed by atoms with E-state index in [-0.39, 0.29) is 0 Å². The largest absolute Gasteiger partial charge is 0.397 e. The summed E-state index contributed by atoms with van der Waals surface area (Å²) in [7, 11) is -27.6. The van der Waals surface area contributed by atoms with E-state index >= 15 is 0 Å². The monoisotopic (exact) mass is 1000 g/mol. The second kappa shape index (κ2) is 19.4. The number of ether oxygens (including phenoxy) is 7. The molecular weight excluding hydrogens is 961 g/mol. The number of rotatable bonds is 16. The fraction of sp³-hybridized carbons (Fsp3) is 1.00. The zero-order valence-corrected chi connectivity index (χ0v) is 35.1. The molecule has 0 aromatic heterocycles. The molecule has 360 valence electrons. The lowest BCUT2D eigenvalue weighted by atomic mass is 9.96. The van der Waals surface area contributed by atoms with Crippen LogP contribution in [0.5, 0.6) is 0 Å². The standard InChI is InChI=1S/C24H42O32S5/c1-5-13(18(54-59(36,37)38)9(25)21(29)45-5)49-22-10(26)17(15(7(3)47-22)52-57(30,31)32)51-24-11(27)19(55-60(39,40)41)14(6(2)46-24)50-23-12(28)20(56-61(42,43)44)16(8(4)48-23)53-58(33,34)35/h5-29H,1-4H3,(H,30,31,32)(H,33,34,35)(H,36,37,38)(H,39,40,41)(H,42,43,44)/t5-,6-,7-,8-,9-,10-,11-,12-,13+,14+,15+,16+,17-,18-,19-,20-,21-,22-,23-,24-/m0/s1. The van der Waals surface area contributed by atoms with Crippen molar-refractivity contribution in [2.45, 2.75) is 151 Å². The van der Waals surface area contributed by atoms with E-state index in [0.717, 1.165) is 27.7 Å². The Labute approximate surface area is 346 Å². The Morgan fingerprint density at radius 2 is 0.557 bits per heavy atom. The summed E-state index contributed by atoms with van der Waals surface area (Å²) in [5, 5.41) is 54.1. The Morgan fingerprint density at radius 3 is 0.902 bits per heavy atom. The van der Waals surface area contributed by atoms with Crippen molar-refractivity contribution in [1.29, 1.82) is 0 Å². The molecule has 4 heterocycles. The molecule has 0 amide bonds. The van der Waals surface area contributed by atoms with Gasteiger partial charge in [0.05, 0.1) is 24.4 Å². The average molecular weight is 1000 g/mol. The lowest BCUT2D eigenvalue weighted by Crippen LogP contribution is -2.67. The van der Waals surface area contributed by atoms with Gasteiger partial charge in [0.1, 0.15) is 73.2 Å². The first kappa shape index (κ1) is 52.5. The normalized spacial score (nSPS) is 43.5. The first-order valence-corrected chi connectivity index (χ1v) is 23.7. The molecule has 20 atom stereocenters. The molecule has 0 aliphatic carbocycles. The van der Waals surface area contributed by atoms with Gasteiger partial charge in [-0.2, -0.15) is 42.1 Å². The van der Waals surface area contributed by atoms with Crippen LogP contribution in [0.3, 0.4) is 0 Å². The van der Waals surface area contributed by atoms with E-state index in [2.05, 4.69) is 20.9 Å². The molecule has 4 saturated heterocycles. The van der Waals surface area contributed by atoms with Crippen LogP contribution in [0.25, 0.3) is 0 Å². The SMILES string of the molecule is C[C@@H]1O[C@@H](O[C@H]2[C@H](O)[C@H](O[C@H]3[C@@H](OS(=O)(=O)O)[C@H](O)[C@@H](O)O[C@H]3C)O[C@@H](C)[C@H]2OS(=O)(=O)O)[C@@H](O)[C@H](OS(=O)(=O)O)[C@@H]1O[C@@H]1O[C@@H](C)[C@@H](OS(=O)(=O)O)[C@@H](OS(=O)(=O)O)[C@@H]1O. The molecule has 4 fully saturated rings. The summed E-state index contributed by atoms with van der Waals surface area (Å²) in [6.07, 6.45) is -43.4. The molecule has 37 heteroatoms. The lowest BCUT2D eigenvalue weighted by Gasteiger charge is -2.49. The van der Waals surface area contributed by atoms with Crippen molar-refractivity contribution in [3.8, 4) is 0 Å². The molecule has 0 unspecified atom stereocenters. The van der Waals surface area contributed by atoms with E-state index < -0.39 is 175 Å². The molecule has 61 heavy (non-hydrogen) atoms. The molecular formula is C24H42O32S5. The van der Waals surface area contributed by atoms with Gasteiger partial charge in [-0.05, 0) is 27.7 Å². The van der Waals surface area contributed by atoms with E-state index in [1.807, 2.05) is 0 Å². The van der Waals surface area contributed by atoms with Gasteiger partial charge >= 0.3 is 52.0 Å². The summed E-state index contributed by atoms with van der Waals surface area (Å²) in [4.78, 5) is 0. The van der Waals surface area contributed by atoms with Gasteiger partial charge in [-0.3, -0.25) is 22.8 Å². The van der Waals surface area contributed by atoms with Crippen LogP contribution in [-0.4, -0.2) is 213 Å². The molecule has 0 bridgehead atoms. The van der Waals surface area contributed by atoms with Gasteiger partial charge < -0.3 is 58.7 Å². The van der Waals surface area contributed by atoms with Crippen LogP contribution in [0.15, 0.2) is 0 Å². The maximum Gasteiger partial charge on any atom is 0.397 e. The zero-order chi connectivity index (χ0) is 46.5. The summed E-state index contributed by atoms with van der Waals surface area (Å²) in [5.74, 6) is 0. The van der Waals surface area contributed by atoms with Crippen LogP contribution in [-0.2, 0) is 106 Å². The summed E-state index contributed by atoms with van der Waals surface area (Å²) in [6.45, 7) is 4.10. The van der Waals surface area contributed by atoms with Gasteiger partial charge in [-0.25, -0.2) is 20.9 Å². The molecule has 0 spiro atoms. The van der Waals surface area contributed by atoms with Crippen molar-refractivity contribution in [2.24, 2.45) is 0 Å². The van der Waals surface area contributed by atoms with Crippen LogP contribution < -0.4 is 0 Å². The van der Waals surface area contributed by atoms with Crippen molar-refractivity contribution in [3.63, 3.8) is 0 Å². The van der Waals surface area contributed by atoms with Crippen LogP contribution in [0, 0.1) is 0 Å². The third kappa shape index (κ3) is 14.2. The Balaban J connectivity index is 1.66. The predicted molar refractivity (Wildman–Crippen MR) is 180 cm³/mol. The van der Waals surface area contributed by atoms with Crippen LogP contribution in [0.2, 0.25) is 0 Å². The molecule has 0 aromatic carbocycles. The van der Waals surface area contributed by atoms with Gasteiger partial charge in [0, 0.05) is 0 Å². The number of hydrogen-bond donors (Lipinski definition) is 10. The summed E-state index contributed by atoms with van der Waals surface area (Å²) in [5.41, 5.74) is 0. The highest BCUT2D eigenvalue weighted by molar-refractivity contribution is 7.81. The Morgan fingerprint density at radius 1 is 0.328 bits per heavy atom. The zero-order valence-electron chi connectivity index (χ0n) is 31.0. The maximum atomic E-state index is 12.0. The number of hydrogen-bond acceptors (Lipinski definition) is 27. The Bertz CT molecular complexity index is 2070. The summed E-state index contributed by atoms with van der Waals surface area (Å²) in [6, 6.07) is 0. The van der Waals surface area contributed by atoms with E-state index in [4.69, 9.17) is 37.7 Å². The molecule has 4 aliphatic heterocycles. The number of aliphatic hydroxyl groups excluding tert-OH is 5. The van der Waals surface area contributed by atoms with Crippen LogP contribution in [0.1, 0.15) is 27.7 Å². The second-order valence-electron chi connectivity index (χ2n) is 13.6. The van der Waals surface area contributed by atoms with Gasteiger partial charge in [-0.1, -0.05) is 0 Å². The average Bonchev–Trinajstić information content (AvgIpc) is 3.06. The topological polar surface area (TPSA) is 484 Å². The fourth-order valence-corrected chi connectivity index (χ4v) is 9.20. The van der Waals surface area contributed by atoms with Crippen molar-refractivity contribution in [1.82, 2.24) is 0 Å². The minimum absolute atomic E-state index is 0.946. The summed E-state index contributed by atoms with van der Waals surface area (Å²) < 4.78 is 224. The van der Waals surface area contributed by atoms with Gasteiger partial charge in [-0.15, -0.1) is 0 Å². The smallest absolute Gasteiger partial charge is 0.385 e. The molecule has 4 aliphatic rings. The van der Waals surface area contributed by atoms with E-state index in [9.17, 15) is 85.8 Å². The van der Waals surface area contributed by atoms with Gasteiger partial charge in [0.15, 0.2) is 25.2 Å². The van der Waals surface area contributed by atoms with E-state index in [1.165, 1.54) is 0 Å². The van der Waals surface area contributed by atoms with Crippen molar-refractivity contribution >= 4 is 52.0 Å². The molecule has 0 aromatic rings. The first-order chi connectivity index (χ1) is 27.6. The molecule has 10 N–H and O–H groups in total. The van der Waals surface area contributed by atoms with Gasteiger partial charge in [0.2, 0.25) is 0 Å². The number of aliphatic hydroxyl groups is 5. The highest BCUT2D eigenvalue weighted by Gasteiger charge is 2.57. The van der Waals surface area contributed by atoms with Crippen LogP contribution in [0.4, 0.5) is 0 Å². The summed E-state index contributed by atoms with van der Waals surface area (Å²) >= 11 is 0. The third-order valence-corrected chi connectivity index (χ3v) is 11.4. The van der Waals surface area contributed by atoms with Crippen LogP contribution >= 0.6 is 0 Å². The lowest BCUT2D eigenvalue weighted by molar-refractivity contribution is -0.378. The third-order valence-electron chi connectivity index (χ3n) is 9.06. The minimum Gasteiger partial charge on any atom is -0.385 e. The van der Waals surface area contributed by atoms with Crippen molar-refractivity contribution < 1.29 is 144 Å². The predicted octanol–water partition coefficient (Wildman–Crippen LogP) is -6.50. The Hall–Kier alpha value is -1.13. The minimum atomic E-state index is -5.67. The van der Waals surface area contributed by atoms with E-state index in [0.29, 0.717) is 0 Å². The molecule has 4 rings (SSSR count). The highest BCUT2D eigenvalue weighted by atomic mass is 32.3. The molecule has 0 saturated carbocycles. The second-order valence-corrected chi connectivity index (χ2v) is 18.8. The van der Waals surface area contributed by atoms with E-state index in [1.54, 1.807) is 0 Å². The molecule has 0 radical (unpaired) electrons. The quantitative estimate of drug-likeness (QED) is 0.0643. The van der Waals surface area contributed by atoms with Gasteiger partial charge in [0.25, 0.3) is 0 Å². The van der Waals surface area contributed by atoms with Crippen molar-refractivity contribution in [3.05, 3.63) is 0 Å². The molecule has 32 nitrogen and oxygen atoms in total. The van der Waals surface area contributed by atoms with Crippen molar-refractivity contribution in [2.75, 3.05) is 0 Å². The maximum absolute atomic E-state index is 12.0. The fourth-order valence-electron chi connectivity index (χ4n) is 6.60. The Kier molecular flexibility index (Phi) is 16.7. The first-order valence-electron chi connectivity index (χ1n) is 16.8.